The highest BCUT2D eigenvalue weighted by Crippen LogP contribution is 2.25. The summed E-state index contributed by atoms with van der Waals surface area (Å²) in [4.78, 5) is 23.3. The summed E-state index contributed by atoms with van der Waals surface area (Å²) < 4.78 is 0. The summed E-state index contributed by atoms with van der Waals surface area (Å²) in [7, 11) is 0. The monoisotopic (exact) mass is 486 g/mol. The summed E-state index contributed by atoms with van der Waals surface area (Å²) in [5, 5.41) is 14.9. The fourth-order valence-corrected chi connectivity index (χ4v) is 4.03. The van der Waals surface area contributed by atoms with E-state index >= 15 is 0 Å². The number of nitro benzene ring substituents is 1. The van der Waals surface area contributed by atoms with Crippen LogP contribution in [0.2, 0.25) is 10.0 Å². The van der Waals surface area contributed by atoms with Crippen molar-refractivity contribution in [2.45, 2.75) is 5.75 Å². The van der Waals surface area contributed by atoms with Crippen LogP contribution in [-0.4, -0.2) is 23.1 Å². The van der Waals surface area contributed by atoms with Crippen LogP contribution in [0.15, 0.2) is 72.8 Å². The number of rotatable bonds is 9. The van der Waals surface area contributed by atoms with Crippen molar-refractivity contribution >= 4 is 58.2 Å². The maximum atomic E-state index is 12.9. The Kier molecular flexibility index (Phi) is 8.73. The van der Waals surface area contributed by atoms with Crippen LogP contribution in [0.1, 0.15) is 16.7 Å². The Bertz CT molecular complexity index is 1120. The molecular formula is C24H20Cl2N2O3S. The molecule has 1 amide bonds. The number of hydrogen-bond acceptors (Lipinski definition) is 4. The number of non-ortho nitro benzene ring substituents is 1. The molecule has 0 heterocycles. The molecule has 0 aliphatic heterocycles. The standard InChI is InChI=1S/C24H20Cl2N2O3S/c25-22-11-8-18(15-23(22)26)16-32-13-12-27-24(29)21(19-4-2-1-3-5-19)14-17-6-9-20(10-7-17)28(30)31/h1-11,14-15H,12-13,16H2,(H,27,29)/b21-14+. The molecule has 3 rings (SSSR count). The maximum absolute atomic E-state index is 12.9. The summed E-state index contributed by atoms with van der Waals surface area (Å²) in [6.45, 7) is 0.495. The summed E-state index contributed by atoms with van der Waals surface area (Å²) in [5.41, 5.74) is 3.05. The third kappa shape index (κ3) is 6.85. The SMILES string of the molecule is O=C(NCCSCc1ccc(Cl)c(Cl)c1)/C(=C/c1ccc([N+](=O)[O-])cc1)c1ccccc1. The summed E-state index contributed by atoms with van der Waals surface area (Å²) in [6, 6.07) is 21.0. The zero-order valence-corrected chi connectivity index (χ0v) is 19.3. The van der Waals surface area contributed by atoms with E-state index in [1.807, 2.05) is 42.5 Å². The second-order valence-corrected chi connectivity index (χ2v) is 8.75. The first-order valence-electron chi connectivity index (χ1n) is 9.75. The number of carbonyl (C=O) groups is 1. The van der Waals surface area contributed by atoms with Gasteiger partial charge in [-0.2, -0.15) is 11.8 Å². The molecular weight excluding hydrogens is 467 g/mol. The molecule has 164 valence electrons. The van der Waals surface area contributed by atoms with E-state index in [0.29, 0.717) is 27.7 Å². The number of halogens is 2. The zero-order valence-electron chi connectivity index (χ0n) is 17.0. The van der Waals surface area contributed by atoms with E-state index in [1.165, 1.54) is 12.1 Å². The topological polar surface area (TPSA) is 72.2 Å². The highest BCUT2D eigenvalue weighted by Gasteiger charge is 2.12. The fourth-order valence-electron chi connectivity index (χ4n) is 2.91. The molecule has 3 aromatic carbocycles. The molecule has 0 atom stereocenters. The van der Waals surface area contributed by atoms with Gasteiger partial charge in [-0.25, -0.2) is 0 Å². The molecule has 0 aliphatic carbocycles. The lowest BCUT2D eigenvalue weighted by Gasteiger charge is -2.10. The molecule has 0 bridgehead atoms. The molecule has 0 saturated carbocycles. The lowest BCUT2D eigenvalue weighted by molar-refractivity contribution is -0.384. The van der Waals surface area contributed by atoms with Gasteiger partial charge in [-0.1, -0.05) is 59.6 Å². The average molecular weight is 487 g/mol. The number of nitro groups is 1. The lowest BCUT2D eigenvalue weighted by atomic mass is 10.0. The van der Waals surface area contributed by atoms with Crippen molar-refractivity contribution in [3.05, 3.63) is 110 Å². The smallest absolute Gasteiger partial charge is 0.269 e. The summed E-state index contributed by atoms with van der Waals surface area (Å²) in [6.07, 6.45) is 1.73. The molecule has 0 radical (unpaired) electrons. The van der Waals surface area contributed by atoms with Crippen molar-refractivity contribution < 1.29 is 9.72 Å². The fraction of sp³-hybridized carbons (Fsp3) is 0.125. The normalized spacial score (nSPS) is 11.2. The first kappa shape index (κ1) is 23.9. The first-order valence-corrected chi connectivity index (χ1v) is 11.7. The van der Waals surface area contributed by atoms with Crippen LogP contribution in [0.4, 0.5) is 5.69 Å². The van der Waals surface area contributed by atoms with Crippen LogP contribution in [-0.2, 0) is 10.5 Å². The Morgan fingerprint density at radius 3 is 2.38 bits per heavy atom. The van der Waals surface area contributed by atoms with Gasteiger partial charge in [0.15, 0.2) is 0 Å². The van der Waals surface area contributed by atoms with E-state index in [2.05, 4.69) is 5.32 Å². The van der Waals surface area contributed by atoms with Gasteiger partial charge >= 0.3 is 0 Å². The summed E-state index contributed by atoms with van der Waals surface area (Å²) >= 11 is 13.7. The quantitative estimate of drug-likeness (QED) is 0.123. The number of benzene rings is 3. The molecule has 8 heteroatoms. The van der Waals surface area contributed by atoms with Crippen LogP contribution in [0.3, 0.4) is 0 Å². The van der Waals surface area contributed by atoms with E-state index in [1.54, 1.807) is 36.0 Å². The van der Waals surface area contributed by atoms with Gasteiger partial charge in [-0.15, -0.1) is 0 Å². The van der Waals surface area contributed by atoms with Gasteiger partial charge in [-0.3, -0.25) is 14.9 Å². The molecule has 0 spiro atoms. The van der Waals surface area contributed by atoms with Crippen molar-refractivity contribution in [1.29, 1.82) is 0 Å². The van der Waals surface area contributed by atoms with Gasteiger partial charge in [0.1, 0.15) is 0 Å². The van der Waals surface area contributed by atoms with Gasteiger partial charge in [0, 0.05) is 35.8 Å². The van der Waals surface area contributed by atoms with Crippen LogP contribution in [0.5, 0.6) is 0 Å². The molecule has 0 aromatic heterocycles. The number of thioether (sulfide) groups is 1. The van der Waals surface area contributed by atoms with E-state index in [4.69, 9.17) is 23.2 Å². The third-order valence-electron chi connectivity index (χ3n) is 4.53. The van der Waals surface area contributed by atoms with Crippen LogP contribution in [0, 0.1) is 10.1 Å². The molecule has 32 heavy (non-hydrogen) atoms. The Hall–Kier alpha value is -2.80. The summed E-state index contributed by atoms with van der Waals surface area (Å²) in [5.74, 6) is 1.28. The zero-order chi connectivity index (χ0) is 22.9. The van der Waals surface area contributed by atoms with Crippen molar-refractivity contribution in [1.82, 2.24) is 5.32 Å². The van der Waals surface area contributed by atoms with E-state index in [-0.39, 0.29) is 11.6 Å². The minimum absolute atomic E-state index is 0.00635. The van der Waals surface area contributed by atoms with Gasteiger partial charge in [0.25, 0.3) is 11.6 Å². The van der Waals surface area contributed by atoms with Crippen molar-refractivity contribution in [2.75, 3.05) is 12.3 Å². The predicted molar refractivity (Wildman–Crippen MR) is 133 cm³/mol. The lowest BCUT2D eigenvalue weighted by Crippen LogP contribution is -2.26. The number of carbonyl (C=O) groups excluding carboxylic acids is 1. The Balaban J connectivity index is 1.62. The van der Waals surface area contributed by atoms with Gasteiger partial charge < -0.3 is 5.32 Å². The Labute approximate surface area is 200 Å². The van der Waals surface area contributed by atoms with Crippen LogP contribution >= 0.6 is 35.0 Å². The minimum Gasteiger partial charge on any atom is -0.351 e. The van der Waals surface area contributed by atoms with E-state index < -0.39 is 4.92 Å². The van der Waals surface area contributed by atoms with Crippen LogP contribution in [0.25, 0.3) is 11.6 Å². The molecule has 5 nitrogen and oxygen atoms in total. The first-order chi connectivity index (χ1) is 15.4. The third-order valence-corrected chi connectivity index (χ3v) is 6.30. The van der Waals surface area contributed by atoms with Crippen molar-refractivity contribution in [2.24, 2.45) is 0 Å². The second-order valence-electron chi connectivity index (χ2n) is 6.83. The van der Waals surface area contributed by atoms with Gasteiger partial charge in [0.2, 0.25) is 0 Å². The van der Waals surface area contributed by atoms with Gasteiger partial charge in [0.05, 0.1) is 15.0 Å². The highest BCUT2D eigenvalue weighted by atomic mass is 35.5. The molecule has 3 aromatic rings. The molecule has 0 aliphatic rings. The number of amides is 1. The Morgan fingerprint density at radius 2 is 1.72 bits per heavy atom. The minimum atomic E-state index is -0.450. The van der Waals surface area contributed by atoms with Crippen molar-refractivity contribution in [3.8, 4) is 0 Å². The van der Waals surface area contributed by atoms with Crippen molar-refractivity contribution in [3.63, 3.8) is 0 Å². The molecule has 0 fully saturated rings. The van der Waals surface area contributed by atoms with Gasteiger partial charge in [-0.05, 0) is 47.0 Å². The highest BCUT2D eigenvalue weighted by molar-refractivity contribution is 7.98. The number of hydrogen-bond donors (Lipinski definition) is 1. The largest absolute Gasteiger partial charge is 0.351 e. The number of nitrogens with one attached hydrogen (secondary N) is 1. The molecule has 0 saturated heterocycles. The second kappa shape index (κ2) is 11.7. The predicted octanol–water partition coefficient (Wildman–Crippen LogP) is 6.49. The maximum Gasteiger partial charge on any atom is 0.269 e. The molecule has 0 unspecified atom stereocenters. The Morgan fingerprint density at radius 1 is 1.00 bits per heavy atom. The average Bonchev–Trinajstić information content (AvgIpc) is 2.80. The number of nitrogens with zero attached hydrogens (tertiary/aromatic N) is 1. The van der Waals surface area contributed by atoms with E-state index in [9.17, 15) is 14.9 Å². The van der Waals surface area contributed by atoms with Crippen LogP contribution < -0.4 is 5.32 Å². The molecule has 1 N–H and O–H groups in total. The van der Waals surface area contributed by atoms with E-state index in [0.717, 1.165) is 22.6 Å².